The minimum absolute atomic E-state index is 0.319. The molecule has 0 spiro atoms. The molecule has 1 atom stereocenters. The quantitative estimate of drug-likeness (QED) is 0.536. The highest BCUT2D eigenvalue weighted by atomic mass is 16.7. The Morgan fingerprint density at radius 1 is 1.56 bits per heavy atom. The van der Waals surface area contributed by atoms with Crippen LogP contribution in [0.1, 0.15) is 27.2 Å². The molecule has 0 saturated carbocycles. The van der Waals surface area contributed by atoms with E-state index in [1.807, 2.05) is 13.8 Å². The number of hydrogen-bond acceptors (Lipinski definition) is 2. The molecule has 2 nitrogen and oxygen atoms in total. The largest absolute Gasteiger partial charge is 0.348 e. The minimum Gasteiger partial charge on any atom is -0.348 e. The van der Waals surface area contributed by atoms with Crippen LogP contribution in [0.3, 0.4) is 0 Å². The molecule has 1 aliphatic heterocycles. The third-order valence-electron chi connectivity index (χ3n) is 1.52. The van der Waals surface area contributed by atoms with Crippen molar-refractivity contribution in [1.29, 1.82) is 0 Å². The molecule has 0 unspecified atom stereocenters. The summed E-state index contributed by atoms with van der Waals surface area (Å²) in [5, 5.41) is 0. The van der Waals surface area contributed by atoms with Crippen molar-refractivity contribution in [2.45, 2.75) is 39.1 Å². The molecular formula is C7H14O2. The zero-order chi connectivity index (χ0) is 6.91. The van der Waals surface area contributed by atoms with Gasteiger partial charge in [-0.2, -0.15) is 0 Å². The highest BCUT2D eigenvalue weighted by Gasteiger charge is 2.30. The molecule has 2 heteroatoms. The Morgan fingerprint density at radius 2 is 2.22 bits per heavy atom. The first kappa shape index (κ1) is 7.03. The van der Waals surface area contributed by atoms with Gasteiger partial charge in [-0.3, -0.25) is 0 Å². The van der Waals surface area contributed by atoms with E-state index in [-0.39, 0.29) is 5.79 Å². The van der Waals surface area contributed by atoms with Crippen molar-refractivity contribution in [3.63, 3.8) is 0 Å². The first-order valence-electron chi connectivity index (χ1n) is 3.46. The summed E-state index contributed by atoms with van der Waals surface area (Å²) in [4.78, 5) is 0. The SMILES string of the molecule is CC[C@H]1COC(C)(C)O1. The fourth-order valence-corrected chi connectivity index (χ4v) is 0.964. The normalized spacial score (nSPS) is 33.0. The van der Waals surface area contributed by atoms with Crippen molar-refractivity contribution in [2.24, 2.45) is 0 Å². The number of rotatable bonds is 1. The van der Waals surface area contributed by atoms with E-state index in [4.69, 9.17) is 9.47 Å². The lowest BCUT2D eigenvalue weighted by molar-refractivity contribution is -0.138. The van der Waals surface area contributed by atoms with Crippen LogP contribution in [0.15, 0.2) is 0 Å². The lowest BCUT2D eigenvalue weighted by Crippen LogP contribution is -2.21. The van der Waals surface area contributed by atoms with E-state index in [0.29, 0.717) is 6.10 Å². The summed E-state index contributed by atoms with van der Waals surface area (Å²) in [7, 11) is 0. The third-order valence-corrected chi connectivity index (χ3v) is 1.52. The monoisotopic (exact) mass is 130 g/mol. The second-order valence-corrected chi connectivity index (χ2v) is 2.86. The van der Waals surface area contributed by atoms with Crippen LogP contribution in [-0.2, 0) is 9.47 Å². The predicted octanol–water partition coefficient (Wildman–Crippen LogP) is 1.55. The van der Waals surface area contributed by atoms with Gasteiger partial charge in [0.15, 0.2) is 5.79 Å². The van der Waals surface area contributed by atoms with Gasteiger partial charge in [-0.05, 0) is 20.3 Å². The predicted molar refractivity (Wildman–Crippen MR) is 35.2 cm³/mol. The summed E-state index contributed by atoms with van der Waals surface area (Å²) in [5.74, 6) is -0.333. The zero-order valence-corrected chi connectivity index (χ0v) is 6.31. The van der Waals surface area contributed by atoms with E-state index in [2.05, 4.69) is 6.92 Å². The molecular weight excluding hydrogens is 116 g/mol. The van der Waals surface area contributed by atoms with Gasteiger partial charge in [-0.25, -0.2) is 0 Å². The van der Waals surface area contributed by atoms with Crippen molar-refractivity contribution in [1.82, 2.24) is 0 Å². The second-order valence-electron chi connectivity index (χ2n) is 2.86. The zero-order valence-electron chi connectivity index (χ0n) is 6.31. The summed E-state index contributed by atoms with van der Waals surface area (Å²) in [6.07, 6.45) is 1.36. The smallest absolute Gasteiger partial charge is 0.163 e. The molecule has 9 heavy (non-hydrogen) atoms. The van der Waals surface area contributed by atoms with Crippen LogP contribution < -0.4 is 0 Å². The van der Waals surface area contributed by atoms with Crippen molar-refractivity contribution in [3.05, 3.63) is 0 Å². The molecule has 1 heterocycles. The van der Waals surface area contributed by atoms with Gasteiger partial charge in [0.05, 0.1) is 12.7 Å². The highest BCUT2D eigenvalue weighted by molar-refractivity contribution is 4.68. The maximum atomic E-state index is 5.48. The van der Waals surface area contributed by atoms with E-state index in [1.165, 1.54) is 0 Å². The van der Waals surface area contributed by atoms with Crippen LogP contribution in [0, 0.1) is 0 Å². The molecule has 0 bridgehead atoms. The minimum atomic E-state index is -0.333. The summed E-state index contributed by atoms with van der Waals surface area (Å²) in [6, 6.07) is 0. The molecule has 1 rings (SSSR count). The lowest BCUT2D eigenvalue weighted by atomic mass is 10.3. The average molecular weight is 130 g/mol. The Kier molecular flexibility index (Phi) is 1.78. The summed E-state index contributed by atoms with van der Waals surface area (Å²) in [6.45, 7) is 6.75. The standard InChI is InChI=1S/C7H14O2/c1-4-6-5-8-7(2,3)9-6/h6H,4-5H2,1-3H3/t6-/m0/s1. The van der Waals surface area contributed by atoms with Gasteiger partial charge in [0.1, 0.15) is 0 Å². The fraction of sp³-hybridized carbons (Fsp3) is 1.00. The summed E-state index contributed by atoms with van der Waals surface area (Å²) < 4.78 is 10.8. The van der Waals surface area contributed by atoms with Gasteiger partial charge < -0.3 is 9.47 Å². The molecule has 0 aromatic carbocycles. The van der Waals surface area contributed by atoms with Crippen LogP contribution in [0.4, 0.5) is 0 Å². The second kappa shape index (κ2) is 2.27. The highest BCUT2D eigenvalue weighted by Crippen LogP contribution is 2.23. The van der Waals surface area contributed by atoms with Gasteiger partial charge in [0.25, 0.3) is 0 Å². The Hall–Kier alpha value is -0.0800. The summed E-state index contributed by atoms with van der Waals surface area (Å²) >= 11 is 0. The molecule has 54 valence electrons. The first-order valence-corrected chi connectivity index (χ1v) is 3.46. The Morgan fingerprint density at radius 3 is 2.44 bits per heavy atom. The van der Waals surface area contributed by atoms with Gasteiger partial charge in [-0.1, -0.05) is 6.92 Å². The maximum Gasteiger partial charge on any atom is 0.163 e. The molecule has 1 saturated heterocycles. The van der Waals surface area contributed by atoms with Crippen molar-refractivity contribution in [3.8, 4) is 0 Å². The molecule has 0 N–H and O–H groups in total. The summed E-state index contributed by atoms with van der Waals surface area (Å²) in [5.41, 5.74) is 0. The molecule has 1 aliphatic rings. The maximum absolute atomic E-state index is 5.48. The van der Waals surface area contributed by atoms with E-state index in [0.717, 1.165) is 13.0 Å². The number of hydrogen-bond donors (Lipinski definition) is 0. The molecule has 0 radical (unpaired) electrons. The van der Waals surface area contributed by atoms with E-state index in [1.54, 1.807) is 0 Å². The van der Waals surface area contributed by atoms with E-state index < -0.39 is 0 Å². The fourth-order valence-electron chi connectivity index (χ4n) is 0.964. The van der Waals surface area contributed by atoms with Crippen LogP contribution >= 0.6 is 0 Å². The lowest BCUT2D eigenvalue weighted by Gasteiger charge is -2.16. The van der Waals surface area contributed by atoms with Crippen LogP contribution in [0.2, 0.25) is 0 Å². The van der Waals surface area contributed by atoms with Crippen molar-refractivity contribution < 1.29 is 9.47 Å². The van der Waals surface area contributed by atoms with E-state index >= 15 is 0 Å². The Bertz CT molecular complexity index is 99.1. The first-order chi connectivity index (χ1) is 4.14. The molecule has 0 aromatic rings. The molecule has 1 fully saturated rings. The van der Waals surface area contributed by atoms with Gasteiger partial charge in [0.2, 0.25) is 0 Å². The third kappa shape index (κ3) is 1.66. The Balaban J connectivity index is 2.38. The Labute approximate surface area is 56.2 Å². The van der Waals surface area contributed by atoms with Crippen LogP contribution in [0.25, 0.3) is 0 Å². The van der Waals surface area contributed by atoms with Crippen LogP contribution in [-0.4, -0.2) is 18.5 Å². The van der Waals surface area contributed by atoms with Gasteiger partial charge in [0, 0.05) is 0 Å². The molecule has 0 amide bonds. The molecule has 0 aliphatic carbocycles. The average Bonchev–Trinajstić information content (AvgIpc) is 2.10. The topological polar surface area (TPSA) is 18.5 Å². The molecule has 0 aromatic heterocycles. The number of ether oxygens (including phenoxy) is 2. The van der Waals surface area contributed by atoms with Crippen molar-refractivity contribution in [2.75, 3.05) is 6.61 Å². The van der Waals surface area contributed by atoms with E-state index in [9.17, 15) is 0 Å². The van der Waals surface area contributed by atoms with Gasteiger partial charge in [-0.15, -0.1) is 0 Å². The van der Waals surface area contributed by atoms with Crippen LogP contribution in [0.5, 0.6) is 0 Å². The van der Waals surface area contributed by atoms with Gasteiger partial charge >= 0.3 is 0 Å². The van der Waals surface area contributed by atoms with Crippen molar-refractivity contribution >= 4 is 0 Å².